The van der Waals surface area contributed by atoms with Crippen molar-refractivity contribution in [2.24, 2.45) is 10.9 Å². The van der Waals surface area contributed by atoms with Gasteiger partial charge in [-0.25, -0.2) is 0 Å². The molecule has 2 N–H and O–H groups in total. The zero-order valence-electron chi connectivity index (χ0n) is 16.0. The van der Waals surface area contributed by atoms with E-state index in [1.165, 1.54) is 25.8 Å². The first-order valence-corrected chi connectivity index (χ1v) is 9.62. The summed E-state index contributed by atoms with van der Waals surface area (Å²) in [6, 6.07) is 0. The van der Waals surface area contributed by atoms with Crippen molar-refractivity contribution in [3.8, 4) is 0 Å². The molecule has 0 aromatic heterocycles. The second-order valence-corrected chi connectivity index (χ2v) is 6.50. The molecule has 1 atom stereocenters. The minimum atomic E-state index is 0.660. The van der Waals surface area contributed by atoms with Crippen molar-refractivity contribution in [3.63, 3.8) is 0 Å². The molecule has 0 aliphatic carbocycles. The Labute approximate surface area is 148 Å². The van der Waals surface area contributed by atoms with Crippen molar-refractivity contribution >= 4 is 5.96 Å². The summed E-state index contributed by atoms with van der Waals surface area (Å²) in [7, 11) is 2.20. The predicted molar refractivity (Wildman–Crippen MR) is 101 cm³/mol. The van der Waals surface area contributed by atoms with Crippen LogP contribution in [0.15, 0.2) is 4.99 Å². The number of hydrogen-bond donors (Lipinski definition) is 2. The lowest BCUT2D eigenvalue weighted by molar-refractivity contribution is 0.0487. The molecule has 6 heteroatoms. The van der Waals surface area contributed by atoms with Gasteiger partial charge >= 0.3 is 0 Å². The number of nitrogens with zero attached hydrogens (tertiary/aromatic N) is 2. The molecule has 24 heavy (non-hydrogen) atoms. The third-order valence-electron chi connectivity index (χ3n) is 4.13. The molecule has 0 spiro atoms. The summed E-state index contributed by atoms with van der Waals surface area (Å²) >= 11 is 0. The Balaban J connectivity index is 2.10. The smallest absolute Gasteiger partial charge is 0.191 e. The van der Waals surface area contributed by atoms with E-state index in [4.69, 9.17) is 14.5 Å². The molecule has 0 saturated carbocycles. The van der Waals surface area contributed by atoms with E-state index >= 15 is 0 Å². The number of ether oxygens (including phenoxy) is 2. The van der Waals surface area contributed by atoms with Gasteiger partial charge in [-0.15, -0.1) is 0 Å². The minimum Gasteiger partial charge on any atom is -0.379 e. The van der Waals surface area contributed by atoms with Crippen LogP contribution in [-0.4, -0.2) is 77.1 Å². The number of piperidine rings is 1. The Morgan fingerprint density at radius 3 is 2.62 bits per heavy atom. The Morgan fingerprint density at radius 1 is 1.12 bits per heavy atom. The zero-order valence-corrected chi connectivity index (χ0v) is 16.0. The van der Waals surface area contributed by atoms with Crippen LogP contribution in [0.25, 0.3) is 0 Å². The molecule has 0 amide bonds. The molecule has 0 bridgehead atoms. The van der Waals surface area contributed by atoms with Crippen molar-refractivity contribution < 1.29 is 9.47 Å². The fourth-order valence-corrected chi connectivity index (χ4v) is 2.79. The highest BCUT2D eigenvalue weighted by Crippen LogP contribution is 2.14. The van der Waals surface area contributed by atoms with E-state index in [1.807, 2.05) is 0 Å². The highest BCUT2D eigenvalue weighted by atomic mass is 16.5. The summed E-state index contributed by atoms with van der Waals surface area (Å²) in [5.41, 5.74) is 0. The number of hydrogen-bond acceptors (Lipinski definition) is 4. The topological polar surface area (TPSA) is 58.1 Å². The molecule has 0 aromatic rings. The summed E-state index contributed by atoms with van der Waals surface area (Å²) in [5, 5.41) is 6.65. The fourth-order valence-electron chi connectivity index (χ4n) is 2.79. The average Bonchev–Trinajstić information content (AvgIpc) is 2.58. The van der Waals surface area contributed by atoms with Gasteiger partial charge in [0.15, 0.2) is 5.96 Å². The molecule has 1 aliphatic heterocycles. The maximum absolute atomic E-state index is 5.57. The van der Waals surface area contributed by atoms with Crippen LogP contribution in [0.4, 0.5) is 0 Å². The molecule has 1 unspecified atom stereocenters. The van der Waals surface area contributed by atoms with Crippen LogP contribution < -0.4 is 10.6 Å². The summed E-state index contributed by atoms with van der Waals surface area (Å²) in [6.07, 6.45) is 4.87. The minimum absolute atomic E-state index is 0.660. The van der Waals surface area contributed by atoms with Gasteiger partial charge in [0.05, 0.1) is 19.8 Å². The Bertz CT molecular complexity index is 326. The molecule has 0 aromatic carbocycles. The van der Waals surface area contributed by atoms with Crippen molar-refractivity contribution in [2.45, 2.75) is 39.5 Å². The fraction of sp³-hybridized carbons (Fsp3) is 0.944. The standard InChI is InChI=1S/C18H38N4O2/c1-4-6-11-23-13-14-24-12-9-20-18(19-5-2)21-15-17-8-7-10-22(3)16-17/h17H,4-16H2,1-3H3,(H2,19,20,21). The highest BCUT2D eigenvalue weighted by Gasteiger charge is 2.16. The van der Waals surface area contributed by atoms with Gasteiger partial charge in [0.1, 0.15) is 0 Å². The van der Waals surface area contributed by atoms with E-state index in [-0.39, 0.29) is 0 Å². The molecule has 1 fully saturated rings. The first-order valence-electron chi connectivity index (χ1n) is 9.62. The summed E-state index contributed by atoms with van der Waals surface area (Å²) < 4.78 is 11.0. The van der Waals surface area contributed by atoms with E-state index in [0.717, 1.165) is 45.2 Å². The molecule has 1 saturated heterocycles. The van der Waals surface area contributed by atoms with Crippen LogP contribution in [-0.2, 0) is 9.47 Å². The van der Waals surface area contributed by atoms with Crippen molar-refractivity contribution in [1.82, 2.24) is 15.5 Å². The number of rotatable bonds is 12. The number of likely N-dealkylation sites (tertiary alicyclic amines) is 1. The SMILES string of the molecule is CCCCOCCOCCNC(=NCC1CCCN(C)C1)NCC. The van der Waals surface area contributed by atoms with E-state index in [2.05, 4.69) is 36.4 Å². The number of aliphatic imine (C=N–C) groups is 1. The quantitative estimate of drug-likeness (QED) is 0.321. The van der Waals surface area contributed by atoms with Gasteiger partial charge in [0.25, 0.3) is 0 Å². The lowest BCUT2D eigenvalue weighted by atomic mass is 9.99. The van der Waals surface area contributed by atoms with Crippen molar-refractivity contribution in [2.75, 3.05) is 66.2 Å². The van der Waals surface area contributed by atoms with Gasteiger partial charge in [-0.1, -0.05) is 13.3 Å². The van der Waals surface area contributed by atoms with Crippen molar-refractivity contribution in [1.29, 1.82) is 0 Å². The maximum Gasteiger partial charge on any atom is 0.191 e. The summed E-state index contributed by atoms with van der Waals surface area (Å²) in [5.74, 6) is 1.57. The van der Waals surface area contributed by atoms with Gasteiger partial charge in [0, 0.05) is 32.8 Å². The highest BCUT2D eigenvalue weighted by molar-refractivity contribution is 5.79. The second kappa shape index (κ2) is 14.5. The summed E-state index contributed by atoms with van der Waals surface area (Å²) in [6.45, 7) is 12.0. The van der Waals surface area contributed by atoms with Crippen molar-refractivity contribution in [3.05, 3.63) is 0 Å². The number of guanidine groups is 1. The first kappa shape index (κ1) is 21.2. The Kier molecular flexibility index (Phi) is 12.8. The van der Waals surface area contributed by atoms with E-state index in [1.54, 1.807) is 0 Å². The third kappa shape index (κ3) is 10.8. The molecular formula is C18H38N4O2. The van der Waals surface area contributed by atoms with Gasteiger partial charge < -0.3 is 25.0 Å². The van der Waals surface area contributed by atoms with Gasteiger partial charge in [-0.3, -0.25) is 4.99 Å². The van der Waals surface area contributed by atoms with Crippen LogP contribution in [0.5, 0.6) is 0 Å². The number of nitrogens with one attached hydrogen (secondary N) is 2. The Morgan fingerprint density at radius 2 is 1.92 bits per heavy atom. The molecular weight excluding hydrogens is 304 g/mol. The first-order chi connectivity index (χ1) is 11.8. The largest absolute Gasteiger partial charge is 0.379 e. The lowest BCUT2D eigenvalue weighted by Gasteiger charge is -2.28. The predicted octanol–water partition coefficient (Wildman–Crippen LogP) is 1.72. The monoisotopic (exact) mass is 342 g/mol. The van der Waals surface area contributed by atoms with Gasteiger partial charge in [0.2, 0.25) is 0 Å². The number of unbranched alkanes of at least 4 members (excludes halogenated alkanes) is 1. The van der Waals surface area contributed by atoms with Crippen LogP contribution in [0.1, 0.15) is 39.5 Å². The Hall–Kier alpha value is -0.850. The molecule has 142 valence electrons. The van der Waals surface area contributed by atoms with Gasteiger partial charge in [-0.05, 0) is 45.7 Å². The van der Waals surface area contributed by atoms with E-state index < -0.39 is 0 Å². The van der Waals surface area contributed by atoms with Gasteiger partial charge in [-0.2, -0.15) is 0 Å². The van der Waals surface area contributed by atoms with E-state index in [9.17, 15) is 0 Å². The molecule has 0 radical (unpaired) electrons. The summed E-state index contributed by atoms with van der Waals surface area (Å²) in [4.78, 5) is 7.13. The lowest BCUT2D eigenvalue weighted by Crippen LogP contribution is -2.40. The maximum atomic E-state index is 5.57. The third-order valence-corrected chi connectivity index (χ3v) is 4.13. The molecule has 1 heterocycles. The average molecular weight is 343 g/mol. The zero-order chi connectivity index (χ0) is 17.5. The van der Waals surface area contributed by atoms with Crippen LogP contribution in [0.3, 0.4) is 0 Å². The molecule has 6 nitrogen and oxygen atoms in total. The van der Waals surface area contributed by atoms with E-state index in [0.29, 0.717) is 25.7 Å². The molecule has 1 aliphatic rings. The normalized spacial score (nSPS) is 19.5. The van der Waals surface area contributed by atoms with Crippen LogP contribution >= 0.6 is 0 Å². The van der Waals surface area contributed by atoms with Crippen LogP contribution in [0.2, 0.25) is 0 Å². The second-order valence-electron chi connectivity index (χ2n) is 6.50. The van der Waals surface area contributed by atoms with Crippen LogP contribution in [0, 0.1) is 5.92 Å². The molecule has 1 rings (SSSR count).